The fourth-order valence-electron chi connectivity index (χ4n) is 4.14. The molecule has 0 radical (unpaired) electrons. The maximum absolute atomic E-state index is 12.9. The molecule has 3 aromatic rings. The molecular weight excluding hydrogens is 444 g/mol. The van der Waals surface area contributed by atoms with Gasteiger partial charge in [-0.2, -0.15) is 5.10 Å². The quantitative estimate of drug-likeness (QED) is 0.317. The molecule has 0 bridgehead atoms. The molecule has 1 N–H and O–H groups in total. The molecule has 1 amide bonds. The molecule has 1 aliphatic heterocycles. The normalized spacial score (nSPS) is 13.8. The number of hydrogen-bond donors (Lipinski definition) is 1. The first kappa shape index (κ1) is 24.9. The lowest BCUT2D eigenvalue weighted by molar-refractivity contribution is 0.0976. The summed E-state index contributed by atoms with van der Waals surface area (Å²) in [6.07, 6.45) is 3.03. The maximum Gasteiger partial charge on any atom is 0.256 e. The van der Waals surface area contributed by atoms with Gasteiger partial charge in [-0.15, -0.1) is 0 Å². The van der Waals surface area contributed by atoms with E-state index in [0.29, 0.717) is 17.9 Å². The van der Waals surface area contributed by atoms with Crippen LogP contribution in [0.3, 0.4) is 0 Å². The summed E-state index contributed by atoms with van der Waals surface area (Å²) in [7, 11) is 0. The van der Waals surface area contributed by atoms with Crippen LogP contribution in [0.1, 0.15) is 53.4 Å². The molecule has 0 aliphatic carbocycles. The van der Waals surface area contributed by atoms with Gasteiger partial charge in [0.1, 0.15) is 5.84 Å². The van der Waals surface area contributed by atoms with Crippen molar-refractivity contribution >= 4 is 23.1 Å². The van der Waals surface area contributed by atoms with E-state index in [1.807, 2.05) is 54.4 Å². The van der Waals surface area contributed by atoms with Gasteiger partial charge in [0.15, 0.2) is 0 Å². The molecule has 0 saturated carbocycles. The molecular formula is C31H32N4O. The van der Waals surface area contributed by atoms with Crippen molar-refractivity contribution in [3.63, 3.8) is 0 Å². The van der Waals surface area contributed by atoms with Gasteiger partial charge in [-0.25, -0.2) is 4.99 Å². The standard InChI is InChI=1S/C31H32N4O/c1-6-25-12-9-14-27(18-25)30-22(3)17-23(4)35(34-30)20-26-13-10-15-28(19-26)31(36)33-24(5)32-29-16-8-7-11-21(29)2/h7-19H,4,6,20H2,1-3,5H3,(H,32,33,36). The average Bonchev–Trinajstić information content (AvgIpc) is 2.87. The topological polar surface area (TPSA) is 57.1 Å². The van der Waals surface area contributed by atoms with Crippen LogP contribution < -0.4 is 5.32 Å². The van der Waals surface area contributed by atoms with Crippen molar-refractivity contribution in [2.45, 2.75) is 40.7 Å². The van der Waals surface area contributed by atoms with Gasteiger partial charge in [0.25, 0.3) is 5.91 Å². The lowest BCUT2D eigenvalue weighted by Gasteiger charge is -2.26. The summed E-state index contributed by atoms with van der Waals surface area (Å²) in [5.74, 6) is 0.355. The number of amidine groups is 1. The molecule has 3 aromatic carbocycles. The largest absolute Gasteiger partial charge is 0.310 e. The first-order chi connectivity index (χ1) is 17.3. The van der Waals surface area contributed by atoms with Crippen LogP contribution in [0.5, 0.6) is 0 Å². The summed E-state index contributed by atoms with van der Waals surface area (Å²) in [4.78, 5) is 17.5. The SMILES string of the molecule is C=C1C=C(C)C(c2cccc(CC)c2)=NN1Cc1cccc(C(=O)NC(C)=Nc2ccccc2C)c1. The Balaban J connectivity index is 1.51. The Labute approximate surface area is 213 Å². The summed E-state index contributed by atoms with van der Waals surface area (Å²) in [5.41, 5.74) is 8.65. The number of aryl methyl sites for hydroxylation is 2. The van der Waals surface area contributed by atoms with Crippen molar-refractivity contribution in [1.82, 2.24) is 10.3 Å². The van der Waals surface area contributed by atoms with Crippen LogP contribution in [0.15, 0.2) is 107 Å². The Morgan fingerprint density at radius 1 is 1.00 bits per heavy atom. The van der Waals surface area contributed by atoms with E-state index < -0.39 is 0 Å². The minimum absolute atomic E-state index is 0.194. The van der Waals surface area contributed by atoms with Gasteiger partial charge in [-0.1, -0.05) is 62.0 Å². The average molecular weight is 477 g/mol. The van der Waals surface area contributed by atoms with Crippen molar-refractivity contribution in [2.24, 2.45) is 10.1 Å². The predicted octanol–water partition coefficient (Wildman–Crippen LogP) is 6.72. The zero-order chi connectivity index (χ0) is 25.7. The number of para-hydroxylation sites is 1. The van der Waals surface area contributed by atoms with Gasteiger partial charge in [-0.05, 0) is 79.8 Å². The number of carbonyl (C=O) groups is 1. The van der Waals surface area contributed by atoms with Gasteiger partial charge in [0.05, 0.1) is 23.6 Å². The fourth-order valence-corrected chi connectivity index (χ4v) is 4.14. The van der Waals surface area contributed by atoms with Gasteiger partial charge in [0, 0.05) is 11.1 Å². The van der Waals surface area contributed by atoms with Crippen molar-refractivity contribution in [3.05, 3.63) is 125 Å². The monoisotopic (exact) mass is 476 g/mol. The molecule has 4 rings (SSSR count). The number of carbonyl (C=O) groups excluding carboxylic acids is 1. The number of nitrogens with one attached hydrogen (secondary N) is 1. The van der Waals surface area contributed by atoms with Crippen molar-refractivity contribution in [2.75, 3.05) is 0 Å². The van der Waals surface area contributed by atoms with Crippen LogP contribution in [-0.4, -0.2) is 22.5 Å². The van der Waals surface area contributed by atoms with Crippen molar-refractivity contribution in [1.29, 1.82) is 0 Å². The molecule has 1 aliphatic rings. The first-order valence-electron chi connectivity index (χ1n) is 12.2. The minimum Gasteiger partial charge on any atom is -0.310 e. The van der Waals surface area contributed by atoms with Crippen molar-refractivity contribution in [3.8, 4) is 0 Å². The Morgan fingerprint density at radius 3 is 2.53 bits per heavy atom. The van der Waals surface area contributed by atoms with Crippen LogP contribution in [0.25, 0.3) is 0 Å². The van der Waals surface area contributed by atoms with E-state index in [4.69, 9.17) is 5.10 Å². The second-order valence-electron chi connectivity index (χ2n) is 9.02. The second kappa shape index (κ2) is 11.0. The predicted molar refractivity (Wildman–Crippen MR) is 149 cm³/mol. The highest BCUT2D eigenvalue weighted by atomic mass is 16.1. The number of allylic oxidation sites excluding steroid dienone is 2. The molecule has 0 spiro atoms. The molecule has 36 heavy (non-hydrogen) atoms. The molecule has 0 aromatic heterocycles. The van der Waals surface area contributed by atoms with Gasteiger partial charge in [-0.3, -0.25) is 9.80 Å². The number of amides is 1. The zero-order valence-corrected chi connectivity index (χ0v) is 21.4. The molecule has 0 saturated heterocycles. The highest BCUT2D eigenvalue weighted by Crippen LogP contribution is 2.23. The van der Waals surface area contributed by atoms with E-state index in [0.717, 1.165) is 45.8 Å². The van der Waals surface area contributed by atoms with Gasteiger partial charge in [0.2, 0.25) is 0 Å². The van der Waals surface area contributed by atoms with Gasteiger partial charge < -0.3 is 5.32 Å². The number of aliphatic imine (C=N–C) groups is 1. The number of nitrogens with zero attached hydrogens (tertiary/aromatic N) is 3. The lowest BCUT2D eigenvalue weighted by Crippen LogP contribution is -2.28. The van der Waals surface area contributed by atoms with Crippen LogP contribution in [0, 0.1) is 6.92 Å². The summed E-state index contributed by atoms with van der Waals surface area (Å²) in [6, 6.07) is 23.9. The lowest BCUT2D eigenvalue weighted by atomic mass is 9.99. The third-order valence-electron chi connectivity index (χ3n) is 6.14. The van der Waals surface area contributed by atoms with E-state index in [1.54, 1.807) is 13.0 Å². The Morgan fingerprint density at radius 2 is 1.75 bits per heavy atom. The van der Waals surface area contributed by atoms with E-state index in [1.165, 1.54) is 5.56 Å². The summed E-state index contributed by atoms with van der Waals surface area (Å²) in [5, 5.41) is 9.72. The second-order valence-corrected chi connectivity index (χ2v) is 9.02. The smallest absolute Gasteiger partial charge is 0.256 e. The highest BCUT2D eigenvalue weighted by Gasteiger charge is 2.18. The molecule has 1 heterocycles. The molecule has 5 heteroatoms. The van der Waals surface area contributed by atoms with E-state index in [9.17, 15) is 4.79 Å². The number of hydrazone groups is 1. The Kier molecular flexibility index (Phi) is 7.59. The van der Waals surface area contributed by atoms with Crippen LogP contribution in [0.4, 0.5) is 5.69 Å². The summed E-state index contributed by atoms with van der Waals surface area (Å²) in [6.45, 7) is 12.7. The third kappa shape index (κ3) is 5.87. The Bertz CT molecular complexity index is 1400. The molecule has 0 fully saturated rings. The highest BCUT2D eigenvalue weighted by molar-refractivity contribution is 6.13. The summed E-state index contributed by atoms with van der Waals surface area (Å²) >= 11 is 0. The van der Waals surface area contributed by atoms with Crippen LogP contribution >= 0.6 is 0 Å². The van der Waals surface area contributed by atoms with E-state index in [-0.39, 0.29) is 5.91 Å². The van der Waals surface area contributed by atoms with Crippen molar-refractivity contribution < 1.29 is 4.79 Å². The number of rotatable bonds is 6. The zero-order valence-electron chi connectivity index (χ0n) is 21.4. The molecule has 182 valence electrons. The molecule has 5 nitrogen and oxygen atoms in total. The van der Waals surface area contributed by atoms with Crippen LogP contribution in [-0.2, 0) is 13.0 Å². The number of benzene rings is 3. The van der Waals surface area contributed by atoms with Gasteiger partial charge >= 0.3 is 0 Å². The molecule has 0 unspecified atom stereocenters. The molecule has 0 atom stereocenters. The van der Waals surface area contributed by atoms with E-state index >= 15 is 0 Å². The van der Waals surface area contributed by atoms with Crippen LogP contribution in [0.2, 0.25) is 0 Å². The summed E-state index contributed by atoms with van der Waals surface area (Å²) < 4.78 is 0. The third-order valence-corrected chi connectivity index (χ3v) is 6.14. The van der Waals surface area contributed by atoms with E-state index in [2.05, 4.69) is 61.1 Å². The number of hydrogen-bond acceptors (Lipinski definition) is 4. The fraction of sp³-hybridized carbons (Fsp3) is 0.194. The Hall–Kier alpha value is -4.25. The maximum atomic E-state index is 12.9. The first-order valence-corrected chi connectivity index (χ1v) is 12.2. The minimum atomic E-state index is -0.194.